The maximum atomic E-state index is 10.9. The molecule has 0 N–H and O–H groups in total. The second kappa shape index (κ2) is 3.58. The molecule has 0 amide bonds. The summed E-state index contributed by atoms with van der Waals surface area (Å²) in [5.74, 6) is 0.620. The maximum absolute atomic E-state index is 10.9. The van der Waals surface area contributed by atoms with Crippen molar-refractivity contribution in [3.05, 3.63) is 24.0 Å². The number of halogens is 1. The van der Waals surface area contributed by atoms with Crippen LogP contribution in [-0.2, 0) is 6.54 Å². The van der Waals surface area contributed by atoms with Crippen molar-refractivity contribution in [2.75, 3.05) is 5.88 Å². The molecule has 0 saturated carbocycles. The summed E-state index contributed by atoms with van der Waals surface area (Å²) >= 11 is 5.54. The van der Waals surface area contributed by atoms with Gasteiger partial charge in [-0.05, 0) is 12.1 Å². The second-order valence-corrected chi connectivity index (χ2v) is 2.71. The Bertz CT molecular complexity index is 254. The van der Waals surface area contributed by atoms with Gasteiger partial charge in [-0.2, -0.15) is 0 Å². The van der Waals surface area contributed by atoms with Gasteiger partial charge in [0, 0.05) is 25.5 Å². The van der Waals surface area contributed by atoms with Crippen LogP contribution in [0.15, 0.2) is 18.3 Å². The average Bonchev–Trinajstić information content (AvgIpc) is 2.36. The lowest BCUT2D eigenvalue weighted by molar-refractivity contribution is 0.100. The Morgan fingerprint density at radius 2 is 2.45 bits per heavy atom. The number of ketones is 1. The van der Waals surface area contributed by atoms with Crippen molar-refractivity contribution in [2.45, 2.75) is 13.5 Å². The molecule has 0 aliphatic rings. The van der Waals surface area contributed by atoms with E-state index in [2.05, 4.69) is 0 Å². The van der Waals surface area contributed by atoms with Gasteiger partial charge in [0.1, 0.15) is 0 Å². The lowest BCUT2D eigenvalue weighted by atomic mass is 10.3. The zero-order valence-electron chi connectivity index (χ0n) is 6.38. The first-order chi connectivity index (χ1) is 5.25. The molecule has 0 radical (unpaired) electrons. The number of carbonyl (C=O) groups is 1. The monoisotopic (exact) mass is 171 g/mol. The molecule has 0 unspecified atom stereocenters. The molecular formula is C8H10ClNO. The number of nitrogens with zero attached hydrogens (tertiary/aromatic N) is 1. The first kappa shape index (κ1) is 8.34. The van der Waals surface area contributed by atoms with Gasteiger partial charge in [-0.1, -0.05) is 0 Å². The van der Waals surface area contributed by atoms with Crippen molar-refractivity contribution in [2.24, 2.45) is 0 Å². The van der Waals surface area contributed by atoms with Crippen LogP contribution >= 0.6 is 11.6 Å². The van der Waals surface area contributed by atoms with E-state index in [9.17, 15) is 4.79 Å². The van der Waals surface area contributed by atoms with E-state index >= 15 is 0 Å². The molecule has 2 nitrogen and oxygen atoms in total. The normalized spacial score (nSPS) is 10.0. The fraction of sp³-hybridized carbons (Fsp3) is 0.375. The van der Waals surface area contributed by atoms with E-state index in [0.29, 0.717) is 12.4 Å². The van der Waals surface area contributed by atoms with Crippen LogP contribution in [-0.4, -0.2) is 16.2 Å². The van der Waals surface area contributed by atoms with Crippen LogP contribution in [0, 0.1) is 0 Å². The number of hydrogen-bond donors (Lipinski definition) is 0. The molecule has 0 fully saturated rings. The van der Waals surface area contributed by atoms with Crippen LogP contribution in [0.5, 0.6) is 0 Å². The highest BCUT2D eigenvalue weighted by atomic mass is 35.5. The molecule has 3 heteroatoms. The largest absolute Gasteiger partial charge is 0.344 e. The molecule has 0 aromatic carbocycles. The first-order valence-electron chi connectivity index (χ1n) is 3.47. The number of hydrogen-bond acceptors (Lipinski definition) is 1. The highest BCUT2D eigenvalue weighted by Gasteiger charge is 2.03. The third-order valence-electron chi connectivity index (χ3n) is 1.52. The summed E-state index contributed by atoms with van der Waals surface area (Å²) < 4.78 is 1.86. The summed E-state index contributed by atoms with van der Waals surface area (Å²) in [5, 5.41) is 0. The fourth-order valence-electron chi connectivity index (χ4n) is 1.02. The Labute approximate surface area is 70.8 Å². The molecule has 0 aliphatic heterocycles. The van der Waals surface area contributed by atoms with Gasteiger partial charge < -0.3 is 4.57 Å². The summed E-state index contributed by atoms with van der Waals surface area (Å²) in [7, 11) is 0. The smallest absolute Gasteiger partial charge is 0.176 e. The van der Waals surface area contributed by atoms with Crippen molar-refractivity contribution in [3.63, 3.8) is 0 Å². The molecule has 0 saturated heterocycles. The predicted molar refractivity (Wildman–Crippen MR) is 45.2 cm³/mol. The Hall–Kier alpha value is -0.760. The molecule has 0 spiro atoms. The highest BCUT2D eigenvalue weighted by molar-refractivity contribution is 6.17. The third-order valence-corrected chi connectivity index (χ3v) is 1.68. The van der Waals surface area contributed by atoms with Gasteiger partial charge >= 0.3 is 0 Å². The second-order valence-electron chi connectivity index (χ2n) is 2.33. The van der Waals surface area contributed by atoms with E-state index in [-0.39, 0.29) is 5.78 Å². The van der Waals surface area contributed by atoms with Crippen molar-refractivity contribution in [1.29, 1.82) is 0 Å². The summed E-state index contributed by atoms with van der Waals surface area (Å²) in [4.78, 5) is 10.9. The molecule has 60 valence electrons. The van der Waals surface area contributed by atoms with Crippen LogP contribution in [0.1, 0.15) is 17.4 Å². The number of aromatic nitrogens is 1. The molecule has 0 atom stereocenters. The summed E-state index contributed by atoms with van der Waals surface area (Å²) in [6.45, 7) is 2.25. The third kappa shape index (κ3) is 1.84. The van der Waals surface area contributed by atoms with Gasteiger partial charge in [0.25, 0.3) is 0 Å². The predicted octanol–water partition coefficient (Wildman–Crippen LogP) is 1.93. The Kier molecular flexibility index (Phi) is 2.71. The molecule has 0 bridgehead atoms. The van der Waals surface area contributed by atoms with E-state index < -0.39 is 0 Å². The van der Waals surface area contributed by atoms with E-state index in [1.807, 2.05) is 16.8 Å². The minimum Gasteiger partial charge on any atom is -0.344 e. The highest BCUT2D eigenvalue weighted by Crippen LogP contribution is 2.03. The van der Waals surface area contributed by atoms with Crippen molar-refractivity contribution < 1.29 is 4.79 Å². The number of aryl methyl sites for hydroxylation is 1. The van der Waals surface area contributed by atoms with Crippen molar-refractivity contribution in [3.8, 4) is 0 Å². The minimum absolute atomic E-state index is 0.0834. The van der Waals surface area contributed by atoms with Crippen LogP contribution in [0.3, 0.4) is 0 Å². The lowest BCUT2D eigenvalue weighted by Gasteiger charge is -2.02. The van der Waals surface area contributed by atoms with E-state index in [0.717, 1.165) is 5.69 Å². The Morgan fingerprint density at radius 1 is 1.73 bits per heavy atom. The van der Waals surface area contributed by atoms with Crippen LogP contribution in [0.25, 0.3) is 0 Å². The van der Waals surface area contributed by atoms with E-state index in [1.165, 1.54) is 0 Å². The summed E-state index contributed by atoms with van der Waals surface area (Å²) in [6, 6.07) is 3.65. The zero-order valence-corrected chi connectivity index (χ0v) is 7.14. The van der Waals surface area contributed by atoms with Crippen molar-refractivity contribution >= 4 is 17.4 Å². The minimum atomic E-state index is 0.0834. The quantitative estimate of drug-likeness (QED) is 0.503. The lowest BCUT2D eigenvalue weighted by Crippen LogP contribution is -2.06. The molecule has 11 heavy (non-hydrogen) atoms. The average molecular weight is 172 g/mol. The molecule has 0 aliphatic carbocycles. The molecule has 1 aromatic rings. The number of rotatable bonds is 3. The topological polar surface area (TPSA) is 22.0 Å². The Balaban J connectivity index is 2.87. The van der Waals surface area contributed by atoms with Gasteiger partial charge in [-0.3, -0.25) is 4.79 Å². The number of alkyl halides is 1. The SMILES string of the molecule is CC(=O)c1cccn1CCCl. The number of Topliss-reactive ketones (excluding diaryl/α,β-unsaturated/α-hetero) is 1. The summed E-state index contributed by atoms with van der Waals surface area (Å²) in [5.41, 5.74) is 0.727. The van der Waals surface area contributed by atoms with Gasteiger partial charge in [-0.25, -0.2) is 0 Å². The summed E-state index contributed by atoms with van der Waals surface area (Å²) in [6.07, 6.45) is 1.86. The molecular weight excluding hydrogens is 162 g/mol. The van der Waals surface area contributed by atoms with Crippen LogP contribution < -0.4 is 0 Å². The van der Waals surface area contributed by atoms with Gasteiger partial charge in [-0.15, -0.1) is 11.6 Å². The van der Waals surface area contributed by atoms with Crippen LogP contribution in [0.4, 0.5) is 0 Å². The molecule has 1 rings (SSSR count). The maximum Gasteiger partial charge on any atom is 0.176 e. The van der Waals surface area contributed by atoms with E-state index in [1.54, 1.807) is 13.0 Å². The standard InChI is InChI=1S/C8H10ClNO/c1-7(11)8-3-2-5-10(8)6-4-9/h2-3,5H,4,6H2,1H3. The molecule has 1 heterocycles. The van der Waals surface area contributed by atoms with Gasteiger partial charge in [0.05, 0.1) is 5.69 Å². The first-order valence-corrected chi connectivity index (χ1v) is 4.01. The van der Waals surface area contributed by atoms with E-state index in [4.69, 9.17) is 11.6 Å². The number of carbonyl (C=O) groups excluding carboxylic acids is 1. The molecule has 1 aromatic heterocycles. The van der Waals surface area contributed by atoms with Crippen molar-refractivity contribution in [1.82, 2.24) is 4.57 Å². The fourth-order valence-corrected chi connectivity index (χ4v) is 1.20. The van der Waals surface area contributed by atoms with Gasteiger partial charge in [0.2, 0.25) is 0 Å². The van der Waals surface area contributed by atoms with Gasteiger partial charge in [0.15, 0.2) is 5.78 Å². The Morgan fingerprint density at radius 3 is 3.00 bits per heavy atom. The van der Waals surface area contributed by atoms with Crippen LogP contribution in [0.2, 0.25) is 0 Å². The zero-order chi connectivity index (χ0) is 8.27.